The van der Waals surface area contributed by atoms with Gasteiger partial charge in [0.25, 0.3) is 6.71 Å². The van der Waals surface area contributed by atoms with Crippen LogP contribution in [-0.2, 0) is 0 Å². The van der Waals surface area contributed by atoms with E-state index in [1.807, 2.05) is 0 Å². The molecule has 0 saturated heterocycles. The first-order valence-electron chi connectivity index (χ1n) is 18.1. The molecule has 8 aromatic carbocycles. The van der Waals surface area contributed by atoms with E-state index >= 15 is 0 Å². The molecule has 4 heteroatoms. The van der Waals surface area contributed by atoms with Crippen LogP contribution in [0.1, 0.15) is 0 Å². The Morgan fingerprint density at radius 3 is 1.87 bits per heavy atom. The lowest BCUT2D eigenvalue weighted by molar-refractivity contribution is 1.17. The van der Waals surface area contributed by atoms with E-state index in [4.69, 9.17) is 0 Å². The highest BCUT2D eigenvalue weighted by molar-refractivity contribution is 7.00. The smallest absolute Gasteiger partial charge is 0.252 e. The van der Waals surface area contributed by atoms with Crippen molar-refractivity contribution >= 4 is 83.8 Å². The topological polar surface area (TPSA) is 13.1 Å². The number of rotatable bonds is 3. The first-order valence-corrected chi connectivity index (χ1v) is 18.1. The van der Waals surface area contributed by atoms with E-state index in [1.165, 1.54) is 93.9 Å². The van der Waals surface area contributed by atoms with Crippen molar-refractivity contribution in [1.82, 2.24) is 9.13 Å². The monoisotopic (exact) mass is 659 g/mol. The maximum atomic E-state index is 2.60. The van der Waals surface area contributed by atoms with Crippen LogP contribution in [0.3, 0.4) is 0 Å². The van der Waals surface area contributed by atoms with Crippen LogP contribution in [0.5, 0.6) is 0 Å². The van der Waals surface area contributed by atoms with Crippen molar-refractivity contribution in [1.29, 1.82) is 0 Å². The Kier molecular flexibility index (Phi) is 5.58. The lowest BCUT2D eigenvalue weighted by atomic mass is 9.34. The van der Waals surface area contributed by atoms with Crippen molar-refractivity contribution in [3.05, 3.63) is 182 Å². The molecule has 2 aromatic heterocycles. The second kappa shape index (κ2) is 10.4. The van der Waals surface area contributed by atoms with Crippen molar-refractivity contribution in [2.24, 2.45) is 0 Å². The van der Waals surface area contributed by atoms with Crippen LogP contribution in [0.25, 0.3) is 66.1 Å². The molecule has 10 aromatic rings. The van der Waals surface area contributed by atoms with Crippen LogP contribution >= 0.6 is 0 Å². The molecule has 52 heavy (non-hydrogen) atoms. The third kappa shape index (κ3) is 3.60. The maximum Gasteiger partial charge on any atom is 0.252 e. The maximum absolute atomic E-state index is 2.60. The molecule has 0 unspecified atom stereocenters. The second-order valence-electron chi connectivity index (χ2n) is 14.1. The Balaban J connectivity index is 1.23. The van der Waals surface area contributed by atoms with Gasteiger partial charge in [-0.25, -0.2) is 0 Å². The molecule has 2 aliphatic rings. The Hall–Kier alpha value is -6.78. The number of hydrogen-bond donors (Lipinski definition) is 0. The zero-order chi connectivity index (χ0) is 33.9. The van der Waals surface area contributed by atoms with Gasteiger partial charge in [-0.3, -0.25) is 0 Å². The van der Waals surface area contributed by atoms with Gasteiger partial charge in [0.2, 0.25) is 0 Å². The molecule has 0 spiro atoms. The van der Waals surface area contributed by atoms with E-state index in [0.717, 1.165) is 5.69 Å². The predicted octanol–water partition coefficient (Wildman–Crippen LogP) is 10.2. The molecule has 240 valence electrons. The highest BCUT2D eigenvalue weighted by atomic mass is 15.2. The van der Waals surface area contributed by atoms with Crippen molar-refractivity contribution in [3.63, 3.8) is 0 Å². The molecule has 0 atom stereocenters. The summed E-state index contributed by atoms with van der Waals surface area (Å²) in [5.41, 5.74) is 17.6. The number of para-hydroxylation sites is 4. The Labute approximate surface area is 301 Å². The van der Waals surface area contributed by atoms with Gasteiger partial charge in [-0.1, -0.05) is 127 Å². The number of aromatic nitrogens is 2. The summed E-state index contributed by atoms with van der Waals surface area (Å²) in [6.07, 6.45) is 0. The number of nitrogens with zero attached hydrogens (tertiary/aromatic N) is 3. The van der Waals surface area contributed by atoms with Gasteiger partial charge in [0.1, 0.15) is 0 Å². The summed E-state index contributed by atoms with van der Waals surface area (Å²) in [5.74, 6) is 0. The molecule has 0 fully saturated rings. The van der Waals surface area contributed by atoms with Gasteiger partial charge >= 0.3 is 0 Å². The molecule has 12 rings (SSSR count). The van der Waals surface area contributed by atoms with Crippen molar-refractivity contribution in [3.8, 4) is 22.5 Å². The highest BCUT2D eigenvalue weighted by Gasteiger charge is 2.42. The van der Waals surface area contributed by atoms with Crippen molar-refractivity contribution < 1.29 is 0 Å². The minimum absolute atomic E-state index is 0.0904. The van der Waals surface area contributed by atoms with E-state index in [-0.39, 0.29) is 6.71 Å². The average molecular weight is 660 g/mol. The zero-order valence-electron chi connectivity index (χ0n) is 28.2. The predicted molar refractivity (Wildman–Crippen MR) is 220 cm³/mol. The highest BCUT2D eigenvalue weighted by Crippen LogP contribution is 2.45. The van der Waals surface area contributed by atoms with Crippen LogP contribution in [0.4, 0.5) is 17.1 Å². The van der Waals surface area contributed by atoms with Gasteiger partial charge in [-0.15, -0.1) is 0 Å². The largest absolute Gasteiger partial charge is 0.311 e. The second-order valence-corrected chi connectivity index (χ2v) is 14.1. The van der Waals surface area contributed by atoms with Gasteiger partial charge in [-0.2, -0.15) is 0 Å². The minimum Gasteiger partial charge on any atom is -0.311 e. The van der Waals surface area contributed by atoms with E-state index in [1.54, 1.807) is 0 Å². The Morgan fingerprint density at radius 2 is 1.04 bits per heavy atom. The molecule has 2 aliphatic heterocycles. The standard InChI is InChI=1S/C48H30BN3/c1-4-14-31(15-5-1)32-26-28-38-44(30-32)51(34-18-8-3-9-19-34)42-24-13-25-43-46(42)49(38)39-22-12-21-35-36-27-29-41-45(48(36)52(43)47(35)39)37-20-10-11-23-40(37)50(41)33-16-6-2-7-17-33/h1-30H. The fourth-order valence-corrected chi connectivity index (χ4v) is 9.44. The molecule has 0 aliphatic carbocycles. The van der Waals surface area contributed by atoms with E-state index in [9.17, 15) is 0 Å². The van der Waals surface area contributed by atoms with E-state index < -0.39 is 0 Å². The SMILES string of the molecule is c1ccc(-c2ccc3c(c2)N(c2ccccc2)c2cccc4c2B3c2cccc3c5ccc6c(c7ccccc7n6-c6ccccc6)c5n-4c23)cc1. The average Bonchev–Trinajstić information content (AvgIpc) is 3.74. The quantitative estimate of drug-likeness (QED) is 0.172. The molecule has 0 N–H and O–H groups in total. The Bertz CT molecular complexity index is 3070. The fourth-order valence-electron chi connectivity index (χ4n) is 9.44. The lowest BCUT2D eigenvalue weighted by Gasteiger charge is -2.40. The zero-order valence-corrected chi connectivity index (χ0v) is 28.2. The van der Waals surface area contributed by atoms with Gasteiger partial charge in [-0.05, 0) is 82.1 Å². The van der Waals surface area contributed by atoms with Gasteiger partial charge < -0.3 is 14.0 Å². The summed E-state index contributed by atoms with van der Waals surface area (Å²) in [6, 6.07) is 67.0. The molecule has 0 amide bonds. The third-order valence-electron chi connectivity index (χ3n) is 11.5. The molecule has 4 heterocycles. The van der Waals surface area contributed by atoms with Crippen LogP contribution in [0.2, 0.25) is 0 Å². The molecular weight excluding hydrogens is 629 g/mol. The first-order chi connectivity index (χ1) is 25.8. The van der Waals surface area contributed by atoms with Crippen LogP contribution in [-0.4, -0.2) is 15.8 Å². The summed E-state index contributed by atoms with van der Waals surface area (Å²) in [6.45, 7) is 0.0904. The number of hydrogen-bond acceptors (Lipinski definition) is 1. The molecule has 0 radical (unpaired) electrons. The molecule has 0 bridgehead atoms. The number of benzene rings is 8. The summed E-state index contributed by atoms with van der Waals surface area (Å²) >= 11 is 0. The van der Waals surface area contributed by atoms with Crippen LogP contribution in [0.15, 0.2) is 182 Å². The summed E-state index contributed by atoms with van der Waals surface area (Å²) in [7, 11) is 0. The van der Waals surface area contributed by atoms with Gasteiger partial charge in [0.15, 0.2) is 0 Å². The van der Waals surface area contributed by atoms with Crippen LogP contribution < -0.4 is 21.3 Å². The first kappa shape index (κ1) is 28.0. The van der Waals surface area contributed by atoms with Crippen molar-refractivity contribution in [2.45, 2.75) is 0 Å². The van der Waals surface area contributed by atoms with E-state index in [0.29, 0.717) is 0 Å². The van der Waals surface area contributed by atoms with Gasteiger partial charge in [0.05, 0.1) is 16.6 Å². The molecular formula is C48H30BN3. The Morgan fingerprint density at radius 1 is 0.365 bits per heavy atom. The van der Waals surface area contributed by atoms with Crippen LogP contribution in [0, 0.1) is 0 Å². The third-order valence-corrected chi connectivity index (χ3v) is 11.5. The lowest BCUT2D eigenvalue weighted by Crippen LogP contribution is -2.60. The summed E-state index contributed by atoms with van der Waals surface area (Å²) < 4.78 is 5.03. The van der Waals surface area contributed by atoms with E-state index in [2.05, 4.69) is 196 Å². The minimum atomic E-state index is 0.0904. The summed E-state index contributed by atoms with van der Waals surface area (Å²) in [5, 5.41) is 5.15. The van der Waals surface area contributed by atoms with Gasteiger partial charge in [0, 0.05) is 55.5 Å². The molecule has 3 nitrogen and oxygen atoms in total. The number of fused-ring (bicyclic) bond motifs is 11. The fraction of sp³-hybridized carbons (Fsp3) is 0. The number of anilines is 3. The molecule has 0 saturated carbocycles. The summed E-state index contributed by atoms with van der Waals surface area (Å²) in [4.78, 5) is 2.49. The van der Waals surface area contributed by atoms with Crippen molar-refractivity contribution in [2.75, 3.05) is 4.90 Å². The normalized spacial score (nSPS) is 12.9.